The van der Waals surface area contributed by atoms with Gasteiger partial charge in [-0.3, -0.25) is 4.21 Å². The SMILES string of the molecule is CCCCS(=O)CCC(C)(C)C#N. The first-order valence-electron chi connectivity index (χ1n) is 4.78. The molecule has 0 aliphatic carbocycles. The maximum absolute atomic E-state index is 11.4. The molecule has 0 amide bonds. The molecule has 0 spiro atoms. The summed E-state index contributed by atoms with van der Waals surface area (Å²) in [6.07, 6.45) is 2.85. The van der Waals surface area contributed by atoms with Crippen LogP contribution in [0, 0.1) is 16.7 Å². The second-order valence-electron chi connectivity index (χ2n) is 3.95. The molecular formula is C10H19NOS. The molecular weight excluding hydrogens is 182 g/mol. The van der Waals surface area contributed by atoms with Crippen LogP contribution in [0.4, 0.5) is 0 Å². The smallest absolute Gasteiger partial charge is 0.0684 e. The summed E-state index contributed by atoms with van der Waals surface area (Å²) in [4.78, 5) is 0. The maximum atomic E-state index is 11.4. The van der Waals surface area contributed by atoms with Gasteiger partial charge >= 0.3 is 0 Å². The van der Waals surface area contributed by atoms with E-state index in [1.165, 1.54) is 0 Å². The Morgan fingerprint density at radius 3 is 2.46 bits per heavy atom. The summed E-state index contributed by atoms with van der Waals surface area (Å²) < 4.78 is 11.4. The van der Waals surface area contributed by atoms with E-state index >= 15 is 0 Å². The van der Waals surface area contributed by atoms with Gasteiger partial charge in [-0.05, 0) is 26.7 Å². The number of hydrogen-bond donors (Lipinski definition) is 0. The summed E-state index contributed by atoms with van der Waals surface area (Å²) in [6, 6.07) is 2.22. The molecule has 76 valence electrons. The predicted octanol–water partition coefficient (Wildman–Crippen LogP) is 2.48. The minimum Gasteiger partial charge on any atom is -0.260 e. The van der Waals surface area contributed by atoms with E-state index in [1.54, 1.807) is 0 Å². The van der Waals surface area contributed by atoms with Gasteiger partial charge in [-0.1, -0.05) is 13.3 Å². The highest BCUT2D eigenvalue weighted by Gasteiger charge is 2.17. The highest BCUT2D eigenvalue weighted by molar-refractivity contribution is 7.84. The maximum Gasteiger partial charge on any atom is 0.0684 e. The van der Waals surface area contributed by atoms with E-state index in [2.05, 4.69) is 13.0 Å². The molecule has 0 aromatic heterocycles. The molecule has 0 N–H and O–H groups in total. The minimum absolute atomic E-state index is 0.318. The molecule has 3 heteroatoms. The third-order valence-corrected chi connectivity index (χ3v) is 3.39. The average Bonchev–Trinajstić information content (AvgIpc) is 2.11. The molecule has 0 aromatic rings. The first kappa shape index (κ1) is 12.6. The third kappa shape index (κ3) is 6.77. The molecule has 0 aliphatic rings. The van der Waals surface area contributed by atoms with Gasteiger partial charge in [0, 0.05) is 22.3 Å². The van der Waals surface area contributed by atoms with Crippen LogP contribution in [-0.4, -0.2) is 15.7 Å². The van der Waals surface area contributed by atoms with Crippen LogP contribution in [0.5, 0.6) is 0 Å². The van der Waals surface area contributed by atoms with Crippen LogP contribution in [0.2, 0.25) is 0 Å². The van der Waals surface area contributed by atoms with E-state index in [0.717, 1.165) is 25.0 Å². The van der Waals surface area contributed by atoms with Crippen LogP contribution in [0.1, 0.15) is 40.0 Å². The third-order valence-electron chi connectivity index (χ3n) is 1.98. The topological polar surface area (TPSA) is 40.9 Å². The number of rotatable bonds is 6. The predicted molar refractivity (Wildman–Crippen MR) is 56.8 cm³/mol. The van der Waals surface area contributed by atoms with Crippen LogP contribution in [-0.2, 0) is 10.8 Å². The first-order valence-corrected chi connectivity index (χ1v) is 6.27. The summed E-state index contributed by atoms with van der Waals surface area (Å²) in [7, 11) is -0.719. The Morgan fingerprint density at radius 2 is 2.00 bits per heavy atom. The second kappa shape index (κ2) is 6.15. The number of nitriles is 1. The van der Waals surface area contributed by atoms with Crippen molar-refractivity contribution in [3.63, 3.8) is 0 Å². The largest absolute Gasteiger partial charge is 0.260 e. The van der Waals surface area contributed by atoms with Crippen LogP contribution < -0.4 is 0 Å². The van der Waals surface area contributed by atoms with E-state index in [4.69, 9.17) is 5.26 Å². The van der Waals surface area contributed by atoms with Crippen molar-refractivity contribution in [2.75, 3.05) is 11.5 Å². The zero-order valence-electron chi connectivity index (χ0n) is 8.80. The lowest BCUT2D eigenvalue weighted by atomic mass is 9.93. The monoisotopic (exact) mass is 201 g/mol. The fraction of sp³-hybridized carbons (Fsp3) is 0.900. The summed E-state index contributed by atoms with van der Waals surface area (Å²) >= 11 is 0. The molecule has 0 bridgehead atoms. The molecule has 0 rings (SSSR count). The zero-order valence-corrected chi connectivity index (χ0v) is 9.62. The lowest BCUT2D eigenvalue weighted by molar-refractivity contribution is 0.479. The van der Waals surface area contributed by atoms with Gasteiger partial charge in [-0.15, -0.1) is 0 Å². The molecule has 0 aliphatic heterocycles. The number of hydrogen-bond acceptors (Lipinski definition) is 2. The quantitative estimate of drug-likeness (QED) is 0.662. The molecule has 1 atom stereocenters. The van der Waals surface area contributed by atoms with Gasteiger partial charge in [-0.2, -0.15) is 5.26 Å². The van der Waals surface area contributed by atoms with Crippen molar-refractivity contribution in [1.29, 1.82) is 5.26 Å². The fourth-order valence-corrected chi connectivity index (χ4v) is 2.39. The van der Waals surface area contributed by atoms with Gasteiger partial charge in [-0.25, -0.2) is 0 Å². The Labute approximate surface area is 83.8 Å². The summed E-state index contributed by atoms with van der Waals surface area (Å²) in [6.45, 7) is 5.88. The zero-order chi connectivity index (χ0) is 10.3. The van der Waals surface area contributed by atoms with Gasteiger partial charge in [0.15, 0.2) is 0 Å². The second-order valence-corrected chi connectivity index (χ2v) is 5.64. The van der Waals surface area contributed by atoms with E-state index < -0.39 is 10.8 Å². The Bertz CT molecular complexity index is 205. The van der Waals surface area contributed by atoms with Crippen molar-refractivity contribution in [2.45, 2.75) is 40.0 Å². The number of nitrogens with zero attached hydrogens (tertiary/aromatic N) is 1. The fourth-order valence-electron chi connectivity index (χ4n) is 0.832. The molecule has 13 heavy (non-hydrogen) atoms. The molecule has 0 heterocycles. The first-order chi connectivity index (χ1) is 6.02. The van der Waals surface area contributed by atoms with E-state index in [1.807, 2.05) is 13.8 Å². The molecule has 0 aromatic carbocycles. The van der Waals surface area contributed by atoms with Gasteiger partial charge in [0.2, 0.25) is 0 Å². The van der Waals surface area contributed by atoms with Crippen LogP contribution >= 0.6 is 0 Å². The molecule has 0 saturated carbocycles. The van der Waals surface area contributed by atoms with Gasteiger partial charge in [0.05, 0.1) is 11.5 Å². The van der Waals surface area contributed by atoms with E-state index in [9.17, 15) is 4.21 Å². The standard InChI is InChI=1S/C10H19NOS/c1-4-5-7-13(12)8-6-10(2,3)9-11/h4-8H2,1-3H3. The lowest BCUT2D eigenvalue weighted by Gasteiger charge is -2.13. The van der Waals surface area contributed by atoms with Crippen LogP contribution in [0.25, 0.3) is 0 Å². The van der Waals surface area contributed by atoms with Crippen molar-refractivity contribution < 1.29 is 4.21 Å². The minimum atomic E-state index is -0.719. The summed E-state index contributed by atoms with van der Waals surface area (Å²) in [5.41, 5.74) is -0.318. The van der Waals surface area contributed by atoms with Crippen molar-refractivity contribution in [2.24, 2.45) is 5.41 Å². The molecule has 0 saturated heterocycles. The van der Waals surface area contributed by atoms with Crippen molar-refractivity contribution >= 4 is 10.8 Å². The Morgan fingerprint density at radius 1 is 1.38 bits per heavy atom. The van der Waals surface area contributed by atoms with Gasteiger partial charge < -0.3 is 0 Å². The Balaban J connectivity index is 3.65. The summed E-state index contributed by atoms with van der Waals surface area (Å²) in [5, 5.41) is 8.73. The molecule has 0 fully saturated rings. The Kier molecular flexibility index (Phi) is 5.98. The van der Waals surface area contributed by atoms with Crippen molar-refractivity contribution in [3.8, 4) is 6.07 Å². The van der Waals surface area contributed by atoms with E-state index in [-0.39, 0.29) is 5.41 Å². The molecule has 1 unspecified atom stereocenters. The van der Waals surface area contributed by atoms with Crippen LogP contribution in [0.15, 0.2) is 0 Å². The highest BCUT2D eigenvalue weighted by Crippen LogP contribution is 2.18. The van der Waals surface area contributed by atoms with Gasteiger partial charge in [0.25, 0.3) is 0 Å². The normalized spacial score (nSPS) is 13.7. The average molecular weight is 201 g/mol. The Hall–Kier alpha value is -0.360. The van der Waals surface area contributed by atoms with E-state index in [0.29, 0.717) is 5.75 Å². The highest BCUT2D eigenvalue weighted by atomic mass is 32.2. The molecule has 0 radical (unpaired) electrons. The molecule has 2 nitrogen and oxygen atoms in total. The van der Waals surface area contributed by atoms with Gasteiger partial charge in [0.1, 0.15) is 0 Å². The summed E-state index contributed by atoms with van der Waals surface area (Å²) in [5.74, 6) is 1.46. The number of unbranched alkanes of at least 4 members (excludes halogenated alkanes) is 1. The van der Waals surface area contributed by atoms with Crippen molar-refractivity contribution in [1.82, 2.24) is 0 Å². The lowest BCUT2D eigenvalue weighted by Crippen LogP contribution is -2.14. The van der Waals surface area contributed by atoms with Crippen molar-refractivity contribution in [3.05, 3.63) is 0 Å². The van der Waals surface area contributed by atoms with Crippen LogP contribution in [0.3, 0.4) is 0 Å².